The number of benzene rings is 2. The predicted octanol–water partition coefficient (Wildman–Crippen LogP) is 4.58. The molecule has 1 aliphatic heterocycles. The van der Waals surface area contributed by atoms with Crippen LogP contribution < -0.4 is 5.32 Å². The standard InChI is InChI=1S/C23H22ClN5O/c1-15-21(24)23-26-22(18-9-4-5-10-19(18)29(23)27-15)25-13-16-7-2-3-8-17(16)14-28-12-6-11-20(28)30/h2-5,7-10H,6,11-14H2,1H3,(H,25,26). The number of amides is 1. The summed E-state index contributed by atoms with van der Waals surface area (Å²) in [4.78, 5) is 18.8. The number of para-hydroxylation sites is 1. The Morgan fingerprint density at radius 1 is 1.10 bits per heavy atom. The van der Waals surface area contributed by atoms with Crippen molar-refractivity contribution in [2.45, 2.75) is 32.9 Å². The summed E-state index contributed by atoms with van der Waals surface area (Å²) in [5.74, 6) is 1.01. The average molecular weight is 420 g/mol. The monoisotopic (exact) mass is 419 g/mol. The van der Waals surface area contributed by atoms with Crippen LogP contribution >= 0.6 is 11.6 Å². The quantitative estimate of drug-likeness (QED) is 0.514. The van der Waals surface area contributed by atoms with E-state index in [1.807, 2.05) is 48.2 Å². The Labute approximate surface area is 179 Å². The summed E-state index contributed by atoms with van der Waals surface area (Å²) in [6.45, 7) is 3.98. The van der Waals surface area contributed by atoms with E-state index in [4.69, 9.17) is 16.6 Å². The lowest BCUT2D eigenvalue weighted by atomic mass is 10.1. The third-order valence-electron chi connectivity index (χ3n) is 5.67. The van der Waals surface area contributed by atoms with Gasteiger partial charge in [0.2, 0.25) is 5.91 Å². The number of anilines is 1. The number of nitrogens with one attached hydrogen (secondary N) is 1. The van der Waals surface area contributed by atoms with Gasteiger partial charge in [-0.25, -0.2) is 9.50 Å². The zero-order valence-corrected chi connectivity index (χ0v) is 17.5. The lowest BCUT2D eigenvalue weighted by Crippen LogP contribution is -2.24. The predicted molar refractivity (Wildman–Crippen MR) is 119 cm³/mol. The molecule has 0 unspecified atom stereocenters. The molecule has 0 bridgehead atoms. The van der Waals surface area contributed by atoms with Gasteiger partial charge in [0.05, 0.1) is 11.2 Å². The maximum absolute atomic E-state index is 12.1. The summed E-state index contributed by atoms with van der Waals surface area (Å²) in [5, 5.41) is 9.58. The van der Waals surface area contributed by atoms with Gasteiger partial charge in [0, 0.05) is 31.4 Å². The van der Waals surface area contributed by atoms with Gasteiger partial charge in [0.15, 0.2) is 5.65 Å². The normalized spacial score (nSPS) is 14.2. The fourth-order valence-corrected chi connectivity index (χ4v) is 4.22. The van der Waals surface area contributed by atoms with Gasteiger partial charge in [-0.15, -0.1) is 0 Å². The number of carbonyl (C=O) groups is 1. The molecule has 0 aliphatic carbocycles. The molecule has 152 valence electrons. The van der Waals surface area contributed by atoms with Crippen molar-refractivity contribution in [3.05, 3.63) is 70.4 Å². The molecule has 0 saturated carbocycles. The zero-order valence-electron chi connectivity index (χ0n) is 16.7. The van der Waals surface area contributed by atoms with Crippen molar-refractivity contribution in [1.82, 2.24) is 19.5 Å². The number of aryl methyl sites for hydroxylation is 1. The largest absolute Gasteiger partial charge is 0.365 e. The highest BCUT2D eigenvalue weighted by Gasteiger charge is 2.21. The molecule has 4 aromatic rings. The molecule has 2 aromatic carbocycles. The Hall–Kier alpha value is -3.12. The molecule has 0 atom stereocenters. The molecular weight excluding hydrogens is 398 g/mol. The number of nitrogens with zero attached hydrogens (tertiary/aromatic N) is 4. The fraction of sp³-hybridized carbons (Fsp3) is 0.261. The summed E-state index contributed by atoms with van der Waals surface area (Å²) < 4.78 is 1.80. The highest BCUT2D eigenvalue weighted by Crippen LogP contribution is 2.28. The molecule has 0 spiro atoms. The van der Waals surface area contributed by atoms with E-state index in [2.05, 4.69) is 22.5 Å². The third kappa shape index (κ3) is 3.27. The average Bonchev–Trinajstić information content (AvgIpc) is 3.30. The van der Waals surface area contributed by atoms with Crippen LogP contribution in [-0.4, -0.2) is 31.9 Å². The number of rotatable bonds is 5. The first kappa shape index (κ1) is 18.9. The van der Waals surface area contributed by atoms with Gasteiger partial charge in [0.25, 0.3) is 0 Å². The van der Waals surface area contributed by atoms with Crippen LogP contribution in [0.15, 0.2) is 48.5 Å². The second-order valence-corrected chi connectivity index (χ2v) is 8.03. The molecule has 6 nitrogen and oxygen atoms in total. The molecule has 3 heterocycles. The summed E-state index contributed by atoms with van der Waals surface area (Å²) in [7, 11) is 0. The van der Waals surface area contributed by atoms with E-state index in [0.717, 1.165) is 46.5 Å². The molecule has 5 rings (SSSR count). The lowest BCUT2D eigenvalue weighted by Gasteiger charge is -2.19. The van der Waals surface area contributed by atoms with Crippen LogP contribution in [-0.2, 0) is 17.9 Å². The maximum Gasteiger partial charge on any atom is 0.222 e. The van der Waals surface area contributed by atoms with Crippen molar-refractivity contribution in [2.24, 2.45) is 0 Å². The molecule has 7 heteroatoms. The number of carbonyl (C=O) groups excluding carboxylic acids is 1. The van der Waals surface area contributed by atoms with Crippen LogP contribution in [0.4, 0.5) is 5.82 Å². The van der Waals surface area contributed by atoms with Crippen LogP contribution in [0.5, 0.6) is 0 Å². The minimum atomic E-state index is 0.238. The highest BCUT2D eigenvalue weighted by atomic mass is 35.5. The number of fused-ring (bicyclic) bond motifs is 3. The second kappa shape index (κ2) is 7.61. The Morgan fingerprint density at radius 3 is 2.67 bits per heavy atom. The van der Waals surface area contributed by atoms with Crippen molar-refractivity contribution < 1.29 is 4.79 Å². The molecule has 1 aliphatic rings. The van der Waals surface area contributed by atoms with Crippen molar-refractivity contribution >= 4 is 39.9 Å². The summed E-state index contributed by atoms with van der Waals surface area (Å²) >= 11 is 6.45. The van der Waals surface area contributed by atoms with Crippen LogP contribution in [0, 0.1) is 6.92 Å². The number of hydrogen-bond acceptors (Lipinski definition) is 4. The molecule has 1 N–H and O–H groups in total. The van der Waals surface area contributed by atoms with E-state index >= 15 is 0 Å². The number of halogens is 1. The van der Waals surface area contributed by atoms with Crippen molar-refractivity contribution in [2.75, 3.05) is 11.9 Å². The van der Waals surface area contributed by atoms with Crippen LogP contribution in [0.25, 0.3) is 16.6 Å². The SMILES string of the molecule is Cc1nn2c(nc(NCc3ccccc3CN3CCCC3=O)c3ccccc32)c1Cl. The number of likely N-dealkylation sites (tertiary alicyclic amines) is 1. The zero-order chi connectivity index (χ0) is 20.7. The van der Waals surface area contributed by atoms with Crippen molar-refractivity contribution in [3.8, 4) is 0 Å². The topological polar surface area (TPSA) is 62.5 Å². The van der Waals surface area contributed by atoms with Gasteiger partial charge >= 0.3 is 0 Å². The van der Waals surface area contributed by atoms with E-state index in [-0.39, 0.29) is 5.91 Å². The van der Waals surface area contributed by atoms with E-state index < -0.39 is 0 Å². The van der Waals surface area contributed by atoms with Gasteiger partial charge in [-0.05, 0) is 36.6 Å². The van der Waals surface area contributed by atoms with Gasteiger partial charge in [-0.3, -0.25) is 4.79 Å². The van der Waals surface area contributed by atoms with Crippen LogP contribution in [0.2, 0.25) is 5.02 Å². The Balaban J connectivity index is 1.48. The maximum atomic E-state index is 12.1. The van der Waals surface area contributed by atoms with Gasteiger partial charge in [0.1, 0.15) is 10.8 Å². The van der Waals surface area contributed by atoms with Crippen molar-refractivity contribution in [1.29, 1.82) is 0 Å². The van der Waals surface area contributed by atoms with Crippen LogP contribution in [0.3, 0.4) is 0 Å². The van der Waals surface area contributed by atoms with Gasteiger partial charge < -0.3 is 10.2 Å². The molecule has 0 radical (unpaired) electrons. The van der Waals surface area contributed by atoms with Crippen molar-refractivity contribution in [3.63, 3.8) is 0 Å². The highest BCUT2D eigenvalue weighted by molar-refractivity contribution is 6.34. The molecule has 1 fully saturated rings. The minimum absolute atomic E-state index is 0.238. The molecular formula is C23H22ClN5O. The fourth-order valence-electron chi connectivity index (χ4n) is 4.06. The van der Waals surface area contributed by atoms with E-state index in [1.165, 1.54) is 0 Å². The van der Waals surface area contributed by atoms with Gasteiger partial charge in [-0.1, -0.05) is 48.0 Å². The molecule has 2 aromatic heterocycles. The summed E-state index contributed by atoms with van der Waals surface area (Å²) in [6, 6.07) is 16.3. The van der Waals surface area contributed by atoms with Crippen LogP contribution in [0.1, 0.15) is 29.7 Å². The second-order valence-electron chi connectivity index (χ2n) is 7.65. The van der Waals surface area contributed by atoms with E-state index in [9.17, 15) is 4.79 Å². The lowest BCUT2D eigenvalue weighted by molar-refractivity contribution is -0.128. The van der Waals surface area contributed by atoms with E-state index in [1.54, 1.807) is 4.52 Å². The minimum Gasteiger partial charge on any atom is -0.365 e. The Bertz CT molecular complexity index is 1270. The summed E-state index contributed by atoms with van der Waals surface area (Å²) in [5.41, 5.74) is 4.66. The Kier molecular flexibility index (Phi) is 4.79. The smallest absolute Gasteiger partial charge is 0.222 e. The first-order valence-electron chi connectivity index (χ1n) is 10.1. The van der Waals surface area contributed by atoms with Gasteiger partial charge in [-0.2, -0.15) is 5.10 Å². The molecule has 1 amide bonds. The van der Waals surface area contributed by atoms with E-state index in [0.29, 0.717) is 30.2 Å². The Morgan fingerprint density at radius 2 is 1.87 bits per heavy atom. The first-order valence-corrected chi connectivity index (χ1v) is 10.5. The number of hydrogen-bond donors (Lipinski definition) is 1. The molecule has 30 heavy (non-hydrogen) atoms. The third-order valence-corrected chi connectivity index (χ3v) is 6.11. The first-order chi connectivity index (χ1) is 14.6. The summed E-state index contributed by atoms with van der Waals surface area (Å²) in [6.07, 6.45) is 1.60. The number of aromatic nitrogens is 3. The molecule has 1 saturated heterocycles.